The summed E-state index contributed by atoms with van der Waals surface area (Å²) in [4.78, 5) is 11.1. The number of hydrogen-bond donors (Lipinski definition) is 1. The fourth-order valence-corrected chi connectivity index (χ4v) is 1.79. The molecule has 0 aliphatic carbocycles. The molecule has 2 nitrogen and oxygen atoms in total. The summed E-state index contributed by atoms with van der Waals surface area (Å²) in [5.41, 5.74) is 2.13. The summed E-state index contributed by atoms with van der Waals surface area (Å²) >= 11 is 0. The highest BCUT2D eigenvalue weighted by Gasteiger charge is 2.09. The van der Waals surface area contributed by atoms with Crippen LogP contribution in [0.25, 0.3) is 11.1 Å². The standard InChI is InChI=1S/C15H13FO2/c1-9-7-12(4-6-15(9)18)13-5-3-11(10(2)17)8-14(13)16/h3-8,18H,1-2H3. The number of phenols is 1. The van der Waals surface area contributed by atoms with E-state index in [4.69, 9.17) is 0 Å². The fraction of sp³-hybridized carbons (Fsp3) is 0.133. The van der Waals surface area contributed by atoms with Gasteiger partial charge in [0.1, 0.15) is 11.6 Å². The molecule has 1 N–H and O–H groups in total. The molecule has 0 saturated carbocycles. The highest BCUT2D eigenvalue weighted by atomic mass is 19.1. The summed E-state index contributed by atoms with van der Waals surface area (Å²) in [5.74, 6) is -0.422. The third kappa shape index (κ3) is 2.25. The van der Waals surface area contributed by atoms with Crippen LogP contribution in [0.4, 0.5) is 4.39 Å². The van der Waals surface area contributed by atoms with E-state index in [1.165, 1.54) is 19.1 Å². The van der Waals surface area contributed by atoms with Crippen LogP contribution in [0, 0.1) is 12.7 Å². The molecule has 2 aromatic carbocycles. The number of hydrogen-bond acceptors (Lipinski definition) is 2. The van der Waals surface area contributed by atoms with Gasteiger partial charge < -0.3 is 5.11 Å². The van der Waals surface area contributed by atoms with Crippen molar-refractivity contribution in [2.45, 2.75) is 13.8 Å². The maximum absolute atomic E-state index is 13.9. The quantitative estimate of drug-likeness (QED) is 0.818. The number of halogens is 1. The zero-order valence-electron chi connectivity index (χ0n) is 10.2. The average molecular weight is 244 g/mol. The molecular weight excluding hydrogens is 231 g/mol. The fourth-order valence-electron chi connectivity index (χ4n) is 1.79. The molecule has 0 heterocycles. The summed E-state index contributed by atoms with van der Waals surface area (Å²) in [5, 5.41) is 9.44. The van der Waals surface area contributed by atoms with Crippen molar-refractivity contribution in [2.24, 2.45) is 0 Å². The number of rotatable bonds is 2. The third-order valence-corrected chi connectivity index (χ3v) is 2.88. The Labute approximate surface area is 105 Å². The van der Waals surface area contributed by atoms with Crippen molar-refractivity contribution in [2.75, 3.05) is 0 Å². The van der Waals surface area contributed by atoms with Gasteiger partial charge in [-0.05, 0) is 43.2 Å². The molecule has 0 aliphatic rings. The SMILES string of the molecule is CC(=O)c1ccc(-c2ccc(O)c(C)c2)c(F)c1. The Balaban J connectivity index is 2.51. The first-order chi connectivity index (χ1) is 8.49. The Hall–Kier alpha value is -2.16. The average Bonchev–Trinajstić information content (AvgIpc) is 2.32. The van der Waals surface area contributed by atoms with Crippen molar-refractivity contribution < 1.29 is 14.3 Å². The molecule has 0 saturated heterocycles. The number of aryl methyl sites for hydroxylation is 1. The molecule has 0 aromatic heterocycles. The van der Waals surface area contributed by atoms with E-state index in [0.717, 1.165) is 0 Å². The van der Waals surface area contributed by atoms with E-state index in [-0.39, 0.29) is 11.5 Å². The van der Waals surface area contributed by atoms with Gasteiger partial charge in [-0.3, -0.25) is 4.79 Å². The lowest BCUT2D eigenvalue weighted by Crippen LogP contribution is -1.94. The van der Waals surface area contributed by atoms with Gasteiger partial charge in [-0.15, -0.1) is 0 Å². The van der Waals surface area contributed by atoms with Crippen molar-refractivity contribution in [1.29, 1.82) is 0 Å². The molecule has 0 unspecified atom stereocenters. The van der Waals surface area contributed by atoms with Gasteiger partial charge in [-0.2, -0.15) is 0 Å². The van der Waals surface area contributed by atoms with Crippen LogP contribution in [0.1, 0.15) is 22.8 Å². The van der Waals surface area contributed by atoms with E-state index >= 15 is 0 Å². The second kappa shape index (κ2) is 4.61. The second-order valence-electron chi connectivity index (χ2n) is 4.25. The topological polar surface area (TPSA) is 37.3 Å². The largest absolute Gasteiger partial charge is 0.508 e. The van der Waals surface area contributed by atoms with Crippen LogP contribution >= 0.6 is 0 Å². The minimum absolute atomic E-state index is 0.165. The van der Waals surface area contributed by atoms with E-state index in [1.807, 2.05) is 0 Å². The number of carbonyl (C=O) groups excluding carboxylic acids is 1. The number of phenolic OH excluding ortho intramolecular Hbond substituents is 1. The van der Waals surface area contributed by atoms with Crippen molar-refractivity contribution in [3.63, 3.8) is 0 Å². The van der Waals surface area contributed by atoms with E-state index in [1.54, 1.807) is 31.2 Å². The van der Waals surface area contributed by atoms with Crippen molar-refractivity contribution in [1.82, 2.24) is 0 Å². The van der Waals surface area contributed by atoms with Gasteiger partial charge in [0.25, 0.3) is 0 Å². The van der Waals surface area contributed by atoms with Crippen LogP contribution in [-0.2, 0) is 0 Å². The van der Waals surface area contributed by atoms with E-state index in [2.05, 4.69) is 0 Å². The molecule has 0 radical (unpaired) electrons. The highest BCUT2D eigenvalue weighted by Crippen LogP contribution is 2.27. The van der Waals surface area contributed by atoms with E-state index in [9.17, 15) is 14.3 Å². The van der Waals surface area contributed by atoms with Gasteiger partial charge in [0.05, 0.1) is 0 Å². The Morgan fingerprint density at radius 1 is 1.17 bits per heavy atom. The first-order valence-corrected chi connectivity index (χ1v) is 5.59. The number of aromatic hydroxyl groups is 1. The molecule has 0 spiro atoms. The number of benzene rings is 2. The van der Waals surface area contributed by atoms with Crippen LogP contribution in [-0.4, -0.2) is 10.9 Å². The van der Waals surface area contributed by atoms with Crippen LogP contribution in [0.2, 0.25) is 0 Å². The first-order valence-electron chi connectivity index (χ1n) is 5.59. The molecule has 3 heteroatoms. The van der Waals surface area contributed by atoms with Crippen molar-refractivity contribution in [3.8, 4) is 16.9 Å². The van der Waals surface area contributed by atoms with Gasteiger partial charge >= 0.3 is 0 Å². The molecule has 0 fully saturated rings. The molecule has 2 aromatic rings. The molecule has 92 valence electrons. The molecule has 2 rings (SSSR count). The van der Waals surface area contributed by atoms with Gasteiger partial charge in [-0.25, -0.2) is 4.39 Å². The summed E-state index contributed by atoms with van der Waals surface area (Å²) in [7, 11) is 0. The molecule has 0 amide bonds. The third-order valence-electron chi connectivity index (χ3n) is 2.88. The van der Waals surface area contributed by atoms with Crippen LogP contribution in [0.15, 0.2) is 36.4 Å². The maximum atomic E-state index is 13.9. The van der Waals surface area contributed by atoms with E-state index in [0.29, 0.717) is 22.3 Å². The van der Waals surface area contributed by atoms with Gasteiger partial charge in [0.2, 0.25) is 0 Å². The van der Waals surface area contributed by atoms with Crippen LogP contribution in [0.5, 0.6) is 5.75 Å². The van der Waals surface area contributed by atoms with Crippen LogP contribution < -0.4 is 0 Å². The van der Waals surface area contributed by atoms with Crippen molar-refractivity contribution in [3.05, 3.63) is 53.3 Å². The predicted molar refractivity (Wildman–Crippen MR) is 68.2 cm³/mol. The summed E-state index contributed by atoms with van der Waals surface area (Å²) in [6, 6.07) is 9.30. The summed E-state index contributed by atoms with van der Waals surface area (Å²) < 4.78 is 13.9. The predicted octanol–water partition coefficient (Wildman–Crippen LogP) is 3.71. The minimum Gasteiger partial charge on any atom is -0.508 e. The monoisotopic (exact) mass is 244 g/mol. The molecule has 18 heavy (non-hydrogen) atoms. The zero-order valence-corrected chi connectivity index (χ0v) is 10.2. The van der Waals surface area contributed by atoms with Crippen molar-refractivity contribution >= 4 is 5.78 Å². The Morgan fingerprint density at radius 3 is 2.44 bits per heavy atom. The molecule has 0 atom stereocenters. The molecule has 0 bridgehead atoms. The Kier molecular flexibility index (Phi) is 3.15. The van der Waals surface area contributed by atoms with Gasteiger partial charge in [0.15, 0.2) is 5.78 Å². The lowest BCUT2D eigenvalue weighted by molar-refractivity contribution is 0.101. The zero-order chi connectivity index (χ0) is 13.3. The Bertz CT molecular complexity index is 618. The summed E-state index contributed by atoms with van der Waals surface area (Å²) in [6.45, 7) is 3.15. The Morgan fingerprint density at radius 2 is 1.89 bits per heavy atom. The number of carbonyl (C=O) groups is 1. The first kappa shape index (κ1) is 12.3. The van der Waals surface area contributed by atoms with Gasteiger partial charge in [0, 0.05) is 11.1 Å². The highest BCUT2D eigenvalue weighted by molar-refractivity contribution is 5.94. The normalized spacial score (nSPS) is 10.4. The lowest BCUT2D eigenvalue weighted by Gasteiger charge is -2.07. The van der Waals surface area contributed by atoms with Gasteiger partial charge in [-0.1, -0.05) is 18.2 Å². The lowest BCUT2D eigenvalue weighted by atomic mass is 10.00. The smallest absolute Gasteiger partial charge is 0.159 e. The maximum Gasteiger partial charge on any atom is 0.159 e. The molecule has 0 aliphatic heterocycles. The molecular formula is C15H13FO2. The second-order valence-corrected chi connectivity index (χ2v) is 4.25. The minimum atomic E-state index is -0.437. The summed E-state index contributed by atoms with van der Waals surface area (Å²) in [6.07, 6.45) is 0. The number of Topliss-reactive ketones (excluding diaryl/α,β-unsaturated/α-hetero) is 1. The number of ketones is 1. The van der Waals surface area contributed by atoms with E-state index < -0.39 is 5.82 Å². The van der Waals surface area contributed by atoms with Crippen LogP contribution in [0.3, 0.4) is 0 Å².